The number of nitrogens with one attached hydrogen (secondary N) is 1. The molecule has 4 heteroatoms. The zero-order valence-electron chi connectivity index (χ0n) is 11.6. The lowest BCUT2D eigenvalue weighted by Crippen LogP contribution is -2.44. The Hall–Kier alpha value is -0.450. The second-order valence-electron chi connectivity index (χ2n) is 5.01. The van der Waals surface area contributed by atoms with E-state index in [2.05, 4.69) is 36.5 Å². The molecule has 0 bridgehead atoms. The van der Waals surface area contributed by atoms with E-state index in [1.165, 1.54) is 17.8 Å². The minimum absolute atomic E-state index is 0.360. The summed E-state index contributed by atoms with van der Waals surface area (Å²) in [6, 6.07) is 0.410. The maximum atomic E-state index is 5.97. The van der Waals surface area contributed by atoms with Crippen LogP contribution in [0.1, 0.15) is 37.4 Å². The summed E-state index contributed by atoms with van der Waals surface area (Å²) in [6.07, 6.45) is 4.00. The first-order valence-corrected chi connectivity index (χ1v) is 7.88. The predicted molar refractivity (Wildman–Crippen MR) is 76.2 cm³/mol. The van der Waals surface area contributed by atoms with Gasteiger partial charge in [0.2, 0.25) is 0 Å². The predicted octanol–water partition coefficient (Wildman–Crippen LogP) is 2.79. The van der Waals surface area contributed by atoms with Crippen LogP contribution in [0, 0.1) is 12.8 Å². The van der Waals surface area contributed by atoms with Crippen LogP contribution < -0.4 is 5.32 Å². The van der Waals surface area contributed by atoms with Crippen molar-refractivity contribution in [3.8, 4) is 0 Å². The molecule has 3 nitrogen and oxygen atoms in total. The lowest BCUT2D eigenvalue weighted by atomic mass is 10.0. The van der Waals surface area contributed by atoms with Gasteiger partial charge in [-0.15, -0.1) is 11.3 Å². The molecule has 2 unspecified atom stereocenters. The summed E-state index contributed by atoms with van der Waals surface area (Å²) in [5.74, 6) is 0.759. The summed E-state index contributed by atoms with van der Waals surface area (Å²) < 4.78 is 5.97. The van der Waals surface area contributed by atoms with E-state index in [1.807, 2.05) is 0 Å². The highest BCUT2D eigenvalue weighted by Gasteiger charge is 2.37. The molecule has 102 valence electrons. The highest BCUT2D eigenvalue weighted by atomic mass is 32.1. The molecule has 1 saturated carbocycles. The van der Waals surface area contributed by atoms with Crippen LogP contribution in [0.15, 0.2) is 5.38 Å². The Morgan fingerprint density at radius 2 is 2.28 bits per heavy atom. The molecule has 0 radical (unpaired) electrons. The first-order chi connectivity index (χ1) is 8.74. The number of ether oxygens (including phenoxy) is 1. The summed E-state index contributed by atoms with van der Waals surface area (Å²) in [5.41, 5.74) is 1.13. The van der Waals surface area contributed by atoms with Gasteiger partial charge in [-0.3, -0.25) is 0 Å². The van der Waals surface area contributed by atoms with Crippen LogP contribution in [0.2, 0.25) is 0 Å². The molecule has 0 aliphatic heterocycles. The number of aryl methyl sites for hydroxylation is 1. The van der Waals surface area contributed by atoms with Crippen LogP contribution in [-0.4, -0.2) is 30.3 Å². The average Bonchev–Trinajstić information content (AvgIpc) is 3.10. The van der Waals surface area contributed by atoms with E-state index in [9.17, 15) is 0 Å². The lowest BCUT2D eigenvalue weighted by Gasteiger charge is -2.27. The van der Waals surface area contributed by atoms with Crippen molar-refractivity contribution in [2.75, 3.05) is 13.2 Å². The molecule has 1 aromatic heterocycles. The molecule has 1 fully saturated rings. The first kappa shape index (κ1) is 14.0. The Labute approximate surface area is 114 Å². The zero-order chi connectivity index (χ0) is 13.0. The number of hydrogen-bond acceptors (Lipinski definition) is 4. The second-order valence-corrected chi connectivity index (χ2v) is 5.95. The van der Waals surface area contributed by atoms with E-state index in [4.69, 9.17) is 4.74 Å². The second kappa shape index (κ2) is 6.64. The minimum atomic E-state index is 0.360. The third-order valence-electron chi connectivity index (χ3n) is 3.37. The minimum Gasteiger partial charge on any atom is -0.377 e. The standard InChI is InChI=1S/C14H24N2OS/c1-4-15-12(8-13-16-10(3)9-18-13)14(17-5-2)11-6-7-11/h9,11-12,14-15H,4-8H2,1-3H3. The van der Waals surface area contributed by atoms with Gasteiger partial charge in [-0.2, -0.15) is 0 Å². The average molecular weight is 268 g/mol. The Bertz CT molecular complexity index is 362. The molecule has 18 heavy (non-hydrogen) atoms. The third kappa shape index (κ3) is 3.77. The van der Waals surface area contributed by atoms with Gasteiger partial charge in [0.1, 0.15) is 0 Å². The summed E-state index contributed by atoms with van der Waals surface area (Å²) in [6.45, 7) is 8.11. The number of aromatic nitrogens is 1. The van der Waals surface area contributed by atoms with Gasteiger partial charge in [0.05, 0.1) is 11.1 Å². The van der Waals surface area contributed by atoms with Crippen LogP contribution in [0.25, 0.3) is 0 Å². The summed E-state index contributed by atoms with van der Waals surface area (Å²) in [7, 11) is 0. The Morgan fingerprint density at radius 1 is 1.50 bits per heavy atom. The normalized spacial score (nSPS) is 18.8. The van der Waals surface area contributed by atoms with Crippen molar-refractivity contribution >= 4 is 11.3 Å². The Morgan fingerprint density at radius 3 is 2.78 bits per heavy atom. The zero-order valence-corrected chi connectivity index (χ0v) is 12.4. The SMILES string of the molecule is CCNC(Cc1nc(C)cs1)C(OCC)C1CC1. The maximum absolute atomic E-state index is 5.97. The van der Waals surface area contributed by atoms with E-state index < -0.39 is 0 Å². The molecular weight excluding hydrogens is 244 g/mol. The molecule has 1 aliphatic carbocycles. The molecule has 0 aromatic carbocycles. The quantitative estimate of drug-likeness (QED) is 0.787. The fourth-order valence-corrected chi connectivity index (χ4v) is 3.28. The molecule has 0 spiro atoms. The summed E-state index contributed by atoms with van der Waals surface area (Å²) in [4.78, 5) is 4.58. The van der Waals surface area contributed by atoms with Gasteiger partial charge >= 0.3 is 0 Å². The Kier molecular flexibility index (Phi) is 5.15. The molecule has 2 atom stereocenters. The molecule has 0 saturated heterocycles. The van der Waals surface area contributed by atoms with Crippen LogP contribution in [0.3, 0.4) is 0 Å². The van der Waals surface area contributed by atoms with Gasteiger partial charge in [0.15, 0.2) is 0 Å². The van der Waals surface area contributed by atoms with Crippen molar-refractivity contribution in [3.63, 3.8) is 0 Å². The summed E-state index contributed by atoms with van der Waals surface area (Å²) >= 11 is 1.76. The maximum Gasteiger partial charge on any atom is 0.0944 e. The highest BCUT2D eigenvalue weighted by molar-refractivity contribution is 7.09. The van der Waals surface area contributed by atoms with Gasteiger partial charge in [0, 0.05) is 30.1 Å². The fourth-order valence-electron chi connectivity index (χ4n) is 2.45. The monoisotopic (exact) mass is 268 g/mol. The fraction of sp³-hybridized carbons (Fsp3) is 0.786. The van der Waals surface area contributed by atoms with Gasteiger partial charge in [-0.05, 0) is 39.2 Å². The van der Waals surface area contributed by atoms with E-state index in [-0.39, 0.29) is 0 Å². The molecule has 1 aromatic rings. The largest absolute Gasteiger partial charge is 0.377 e. The topological polar surface area (TPSA) is 34.2 Å². The number of nitrogens with zero attached hydrogens (tertiary/aromatic N) is 1. The molecular formula is C14H24N2OS. The van der Waals surface area contributed by atoms with Crippen LogP contribution in [0.4, 0.5) is 0 Å². The van der Waals surface area contributed by atoms with Crippen molar-refractivity contribution in [1.82, 2.24) is 10.3 Å². The molecule has 0 amide bonds. The van der Waals surface area contributed by atoms with E-state index in [0.717, 1.165) is 31.2 Å². The van der Waals surface area contributed by atoms with Crippen molar-refractivity contribution in [2.24, 2.45) is 5.92 Å². The highest BCUT2D eigenvalue weighted by Crippen LogP contribution is 2.36. The molecule has 1 heterocycles. The number of thiazole rings is 1. The van der Waals surface area contributed by atoms with Gasteiger partial charge in [-0.1, -0.05) is 6.92 Å². The first-order valence-electron chi connectivity index (χ1n) is 7.00. The van der Waals surface area contributed by atoms with Gasteiger partial charge < -0.3 is 10.1 Å². The third-order valence-corrected chi connectivity index (χ3v) is 4.36. The van der Waals surface area contributed by atoms with Crippen LogP contribution in [0.5, 0.6) is 0 Å². The van der Waals surface area contributed by atoms with Crippen molar-refractivity contribution in [2.45, 2.75) is 52.2 Å². The molecule has 1 N–H and O–H groups in total. The lowest BCUT2D eigenvalue weighted by molar-refractivity contribution is 0.0196. The summed E-state index contributed by atoms with van der Waals surface area (Å²) in [5, 5.41) is 6.94. The number of rotatable bonds is 8. The van der Waals surface area contributed by atoms with E-state index in [1.54, 1.807) is 11.3 Å². The number of hydrogen-bond donors (Lipinski definition) is 1. The smallest absolute Gasteiger partial charge is 0.0944 e. The Balaban J connectivity index is 2.00. The van der Waals surface area contributed by atoms with Crippen molar-refractivity contribution in [1.29, 1.82) is 0 Å². The van der Waals surface area contributed by atoms with Gasteiger partial charge in [-0.25, -0.2) is 4.98 Å². The van der Waals surface area contributed by atoms with E-state index >= 15 is 0 Å². The van der Waals surface area contributed by atoms with Crippen LogP contribution in [-0.2, 0) is 11.2 Å². The number of likely N-dealkylation sites (N-methyl/N-ethyl adjacent to an activating group) is 1. The van der Waals surface area contributed by atoms with E-state index in [0.29, 0.717) is 12.1 Å². The van der Waals surface area contributed by atoms with Gasteiger partial charge in [0.25, 0.3) is 0 Å². The molecule has 1 aliphatic rings. The van der Waals surface area contributed by atoms with Crippen LogP contribution >= 0.6 is 11.3 Å². The van der Waals surface area contributed by atoms with Crippen molar-refractivity contribution in [3.05, 3.63) is 16.1 Å². The van der Waals surface area contributed by atoms with Crippen molar-refractivity contribution < 1.29 is 4.74 Å². The molecule has 2 rings (SSSR count).